The summed E-state index contributed by atoms with van der Waals surface area (Å²) in [7, 11) is 0. The molecule has 2 heterocycles. The van der Waals surface area contributed by atoms with Gasteiger partial charge in [-0.3, -0.25) is 4.98 Å². The predicted molar refractivity (Wildman–Crippen MR) is 87.8 cm³/mol. The summed E-state index contributed by atoms with van der Waals surface area (Å²) >= 11 is 6.13. The van der Waals surface area contributed by atoms with Gasteiger partial charge in [0.2, 0.25) is 0 Å². The number of pyridine rings is 2. The zero-order chi connectivity index (χ0) is 14.8. The highest BCUT2D eigenvalue weighted by Gasteiger charge is 2.06. The Balaban J connectivity index is 1.93. The van der Waals surface area contributed by atoms with E-state index in [1.54, 1.807) is 6.20 Å². The molecule has 3 aromatic rings. The van der Waals surface area contributed by atoms with E-state index in [4.69, 9.17) is 11.6 Å². The number of rotatable bonds is 3. The maximum absolute atomic E-state index is 6.13. The van der Waals surface area contributed by atoms with Gasteiger partial charge in [-0.1, -0.05) is 29.8 Å². The summed E-state index contributed by atoms with van der Waals surface area (Å²) in [6, 6.07) is 12.3. The fraction of sp³-hybridized carbons (Fsp3) is 0.176. The van der Waals surface area contributed by atoms with E-state index in [1.165, 1.54) is 5.56 Å². The molecule has 1 N–H and O–H groups in total. The van der Waals surface area contributed by atoms with Gasteiger partial charge in [0.1, 0.15) is 0 Å². The number of aryl methyl sites for hydroxylation is 2. The van der Waals surface area contributed by atoms with Crippen LogP contribution in [-0.4, -0.2) is 9.97 Å². The number of halogens is 1. The Kier molecular flexibility index (Phi) is 3.76. The molecule has 0 radical (unpaired) electrons. The van der Waals surface area contributed by atoms with Crippen LogP contribution < -0.4 is 5.32 Å². The van der Waals surface area contributed by atoms with E-state index in [2.05, 4.69) is 27.4 Å². The van der Waals surface area contributed by atoms with Crippen LogP contribution in [0.2, 0.25) is 5.15 Å². The predicted octanol–water partition coefficient (Wildman–Crippen LogP) is 4.51. The molecule has 0 aliphatic carbocycles. The third-order valence-electron chi connectivity index (χ3n) is 3.38. The van der Waals surface area contributed by atoms with Crippen LogP contribution in [-0.2, 0) is 6.54 Å². The minimum atomic E-state index is 0.496. The lowest BCUT2D eigenvalue weighted by Crippen LogP contribution is -2.03. The van der Waals surface area contributed by atoms with Crippen molar-refractivity contribution in [2.45, 2.75) is 20.4 Å². The summed E-state index contributed by atoms with van der Waals surface area (Å²) in [5.41, 5.74) is 5.17. The van der Waals surface area contributed by atoms with Gasteiger partial charge in [-0.25, -0.2) is 4.98 Å². The van der Waals surface area contributed by atoms with Gasteiger partial charge < -0.3 is 5.32 Å². The molecule has 3 rings (SSSR count). The molecule has 106 valence electrons. The third-order valence-corrected chi connectivity index (χ3v) is 3.68. The number of nitrogens with zero attached hydrogens (tertiary/aromatic N) is 2. The van der Waals surface area contributed by atoms with Crippen LogP contribution in [0.4, 0.5) is 5.69 Å². The molecule has 0 aliphatic heterocycles. The number of hydrogen-bond acceptors (Lipinski definition) is 3. The van der Waals surface area contributed by atoms with Gasteiger partial charge in [0.05, 0.1) is 11.2 Å². The molecule has 0 aliphatic rings. The second-order valence-corrected chi connectivity index (χ2v) is 5.50. The van der Waals surface area contributed by atoms with Crippen LogP contribution in [0.25, 0.3) is 10.9 Å². The number of anilines is 1. The lowest BCUT2D eigenvalue weighted by Gasteiger charge is -2.11. The van der Waals surface area contributed by atoms with Crippen molar-refractivity contribution in [2.24, 2.45) is 0 Å². The maximum Gasteiger partial charge on any atom is 0.152 e. The zero-order valence-corrected chi connectivity index (χ0v) is 12.8. The van der Waals surface area contributed by atoms with Crippen LogP contribution in [0.3, 0.4) is 0 Å². The van der Waals surface area contributed by atoms with Gasteiger partial charge in [0, 0.05) is 23.8 Å². The monoisotopic (exact) mass is 297 g/mol. The van der Waals surface area contributed by atoms with E-state index in [1.807, 2.05) is 38.1 Å². The molecule has 21 heavy (non-hydrogen) atoms. The van der Waals surface area contributed by atoms with Crippen LogP contribution >= 0.6 is 11.6 Å². The molecule has 0 saturated carbocycles. The number of nitrogens with one attached hydrogen (secondary N) is 1. The zero-order valence-electron chi connectivity index (χ0n) is 12.0. The van der Waals surface area contributed by atoms with Gasteiger partial charge >= 0.3 is 0 Å². The highest BCUT2D eigenvalue weighted by molar-refractivity contribution is 6.31. The Morgan fingerprint density at radius 1 is 1.14 bits per heavy atom. The fourth-order valence-electron chi connectivity index (χ4n) is 2.41. The van der Waals surface area contributed by atoms with Crippen molar-refractivity contribution in [3.63, 3.8) is 0 Å². The maximum atomic E-state index is 6.13. The molecule has 0 fully saturated rings. The first-order valence-corrected chi connectivity index (χ1v) is 7.22. The largest absolute Gasteiger partial charge is 0.378 e. The summed E-state index contributed by atoms with van der Waals surface area (Å²) in [4.78, 5) is 8.72. The summed E-state index contributed by atoms with van der Waals surface area (Å²) in [6.07, 6.45) is 1.76. The second kappa shape index (κ2) is 5.70. The van der Waals surface area contributed by atoms with E-state index in [-0.39, 0.29) is 0 Å². The Labute approximate surface area is 129 Å². The number of benzene rings is 1. The summed E-state index contributed by atoms with van der Waals surface area (Å²) in [5, 5.41) is 5.02. The van der Waals surface area contributed by atoms with Crippen molar-refractivity contribution >= 4 is 28.2 Å². The van der Waals surface area contributed by atoms with Crippen molar-refractivity contribution in [3.05, 3.63) is 64.6 Å². The highest BCUT2D eigenvalue weighted by Crippen LogP contribution is 2.23. The molecule has 3 nitrogen and oxygen atoms in total. The fourth-order valence-corrected chi connectivity index (χ4v) is 2.58. The van der Waals surface area contributed by atoms with Crippen molar-refractivity contribution in [3.8, 4) is 0 Å². The SMILES string of the molecule is Cc1cnc(Cl)c(NCc2cc(C)nc3ccccc23)c1. The summed E-state index contributed by atoms with van der Waals surface area (Å²) in [5.74, 6) is 0. The molecule has 0 saturated heterocycles. The van der Waals surface area contributed by atoms with Crippen LogP contribution in [0.15, 0.2) is 42.6 Å². The smallest absolute Gasteiger partial charge is 0.152 e. The Hall–Kier alpha value is -2.13. The van der Waals surface area contributed by atoms with Crippen molar-refractivity contribution in [1.82, 2.24) is 9.97 Å². The van der Waals surface area contributed by atoms with Gasteiger partial charge in [0.15, 0.2) is 5.15 Å². The van der Waals surface area contributed by atoms with E-state index < -0.39 is 0 Å². The molecule has 0 amide bonds. The van der Waals surface area contributed by atoms with Gasteiger partial charge in [-0.15, -0.1) is 0 Å². The molecule has 0 unspecified atom stereocenters. The molecule has 0 atom stereocenters. The highest BCUT2D eigenvalue weighted by atomic mass is 35.5. The quantitative estimate of drug-likeness (QED) is 0.723. The minimum Gasteiger partial charge on any atom is -0.378 e. The van der Waals surface area contributed by atoms with Crippen LogP contribution in [0.5, 0.6) is 0 Å². The average Bonchev–Trinajstić information content (AvgIpc) is 2.47. The summed E-state index contributed by atoms with van der Waals surface area (Å²) in [6.45, 7) is 4.70. The summed E-state index contributed by atoms with van der Waals surface area (Å²) < 4.78 is 0. The van der Waals surface area contributed by atoms with Crippen molar-refractivity contribution in [2.75, 3.05) is 5.32 Å². The van der Waals surface area contributed by atoms with Crippen LogP contribution in [0.1, 0.15) is 16.8 Å². The average molecular weight is 298 g/mol. The first-order valence-electron chi connectivity index (χ1n) is 6.85. The third kappa shape index (κ3) is 2.98. The van der Waals surface area contributed by atoms with Gasteiger partial charge in [-0.05, 0) is 43.2 Å². The van der Waals surface area contributed by atoms with Gasteiger partial charge in [0.25, 0.3) is 0 Å². The number of para-hydroxylation sites is 1. The van der Waals surface area contributed by atoms with E-state index >= 15 is 0 Å². The van der Waals surface area contributed by atoms with E-state index in [0.717, 1.165) is 27.8 Å². The van der Waals surface area contributed by atoms with Gasteiger partial charge in [-0.2, -0.15) is 0 Å². The first-order chi connectivity index (χ1) is 10.1. The topological polar surface area (TPSA) is 37.8 Å². The minimum absolute atomic E-state index is 0.496. The molecule has 1 aromatic carbocycles. The molecule has 0 bridgehead atoms. The molecule has 0 spiro atoms. The number of aromatic nitrogens is 2. The Morgan fingerprint density at radius 3 is 2.81 bits per heavy atom. The van der Waals surface area contributed by atoms with E-state index in [9.17, 15) is 0 Å². The number of fused-ring (bicyclic) bond motifs is 1. The Morgan fingerprint density at radius 2 is 1.95 bits per heavy atom. The van der Waals surface area contributed by atoms with Crippen LogP contribution in [0, 0.1) is 13.8 Å². The first kappa shape index (κ1) is 13.8. The van der Waals surface area contributed by atoms with E-state index in [0.29, 0.717) is 11.7 Å². The lowest BCUT2D eigenvalue weighted by atomic mass is 10.1. The Bertz CT molecular complexity index is 799. The van der Waals surface area contributed by atoms with Crippen molar-refractivity contribution in [1.29, 1.82) is 0 Å². The lowest BCUT2D eigenvalue weighted by molar-refractivity contribution is 1.12. The standard InChI is InChI=1S/C17H16ClN3/c1-11-7-16(17(18)20-9-11)19-10-13-8-12(2)21-15-6-4-3-5-14(13)15/h3-9,19H,10H2,1-2H3. The molecule has 2 aromatic heterocycles. The van der Waals surface area contributed by atoms with Crippen molar-refractivity contribution < 1.29 is 0 Å². The number of hydrogen-bond donors (Lipinski definition) is 1. The molecular formula is C17H16ClN3. The second-order valence-electron chi connectivity index (χ2n) is 5.14. The normalized spacial score (nSPS) is 10.8. The molecular weight excluding hydrogens is 282 g/mol. The molecule has 4 heteroatoms.